The second-order valence-electron chi connectivity index (χ2n) is 7.51. The molecule has 0 aliphatic rings. The molecule has 0 saturated carbocycles. The fourth-order valence-corrected chi connectivity index (χ4v) is 3.51. The molecule has 0 spiro atoms. The standard InChI is InChI=1S/C17H29BrN2O2S/c1-16(2,3)20(15(21)22-17(4,5)6)12-11-19-10-9-13-7-8-14(18)23-13/h7-8,19H,9-12H2,1-6H3. The van der Waals surface area contributed by atoms with Crippen LogP contribution in [0.5, 0.6) is 0 Å². The van der Waals surface area contributed by atoms with E-state index in [1.165, 1.54) is 4.88 Å². The first-order valence-corrected chi connectivity index (χ1v) is 9.55. The van der Waals surface area contributed by atoms with Crippen molar-refractivity contribution in [3.8, 4) is 0 Å². The van der Waals surface area contributed by atoms with Crippen LogP contribution >= 0.6 is 27.3 Å². The molecular weight excluding hydrogens is 376 g/mol. The lowest BCUT2D eigenvalue weighted by molar-refractivity contribution is 0.00666. The molecule has 1 N–H and O–H groups in total. The Bertz CT molecular complexity index is 503. The quantitative estimate of drug-likeness (QED) is 0.699. The average molecular weight is 405 g/mol. The SMILES string of the molecule is CC(C)(C)OC(=O)N(CCNCCc1ccc(Br)s1)C(C)(C)C. The van der Waals surface area contributed by atoms with Gasteiger partial charge in [0.05, 0.1) is 3.79 Å². The fraction of sp³-hybridized carbons (Fsp3) is 0.706. The summed E-state index contributed by atoms with van der Waals surface area (Å²) >= 11 is 5.24. The minimum Gasteiger partial charge on any atom is -0.444 e. The van der Waals surface area contributed by atoms with Crippen molar-refractivity contribution in [1.29, 1.82) is 0 Å². The summed E-state index contributed by atoms with van der Waals surface area (Å²) in [6.07, 6.45) is 0.743. The van der Waals surface area contributed by atoms with E-state index in [2.05, 4.69) is 33.4 Å². The molecule has 1 heterocycles. The van der Waals surface area contributed by atoms with Gasteiger partial charge in [0.25, 0.3) is 0 Å². The highest BCUT2D eigenvalue weighted by Gasteiger charge is 2.30. The summed E-state index contributed by atoms with van der Waals surface area (Å²) in [6.45, 7) is 14.0. The van der Waals surface area contributed by atoms with E-state index in [-0.39, 0.29) is 11.6 Å². The Labute approximate surface area is 152 Å². The summed E-state index contributed by atoms with van der Waals surface area (Å²) in [5, 5.41) is 3.41. The van der Waals surface area contributed by atoms with Crippen molar-refractivity contribution in [2.45, 2.75) is 59.1 Å². The monoisotopic (exact) mass is 404 g/mol. The van der Waals surface area contributed by atoms with E-state index in [1.54, 1.807) is 16.2 Å². The van der Waals surface area contributed by atoms with Gasteiger partial charge >= 0.3 is 6.09 Å². The first-order valence-electron chi connectivity index (χ1n) is 7.94. The van der Waals surface area contributed by atoms with E-state index in [0.717, 1.165) is 23.3 Å². The minimum absolute atomic E-state index is 0.256. The highest BCUT2D eigenvalue weighted by atomic mass is 79.9. The lowest BCUT2D eigenvalue weighted by Crippen LogP contribution is -2.50. The minimum atomic E-state index is -0.472. The largest absolute Gasteiger partial charge is 0.444 e. The van der Waals surface area contributed by atoms with Gasteiger partial charge in [0.2, 0.25) is 0 Å². The molecule has 4 nitrogen and oxygen atoms in total. The zero-order valence-corrected chi connectivity index (χ0v) is 17.4. The highest BCUT2D eigenvalue weighted by molar-refractivity contribution is 9.11. The number of carbonyl (C=O) groups is 1. The van der Waals surface area contributed by atoms with Crippen LogP contribution < -0.4 is 5.32 Å². The predicted molar refractivity (Wildman–Crippen MR) is 101 cm³/mol. The highest BCUT2D eigenvalue weighted by Crippen LogP contribution is 2.22. The molecule has 1 rings (SSSR count). The van der Waals surface area contributed by atoms with Crippen molar-refractivity contribution in [2.24, 2.45) is 0 Å². The van der Waals surface area contributed by atoms with Crippen LogP contribution in [0.1, 0.15) is 46.4 Å². The molecular formula is C17H29BrN2O2S. The van der Waals surface area contributed by atoms with Crippen molar-refractivity contribution >= 4 is 33.4 Å². The summed E-state index contributed by atoms with van der Waals surface area (Å²) in [4.78, 5) is 15.5. The van der Waals surface area contributed by atoms with Crippen LogP contribution in [0.25, 0.3) is 0 Å². The van der Waals surface area contributed by atoms with Crippen LogP contribution in [-0.4, -0.2) is 41.8 Å². The summed E-state index contributed by atoms with van der Waals surface area (Å²) in [7, 11) is 0. The fourth-order valence-electron chi connectivity index (χ4n) is 2.03. The maximum absolute atomic E-state index is 12.4. The number of amides is 1. The zero-order valence-electron chi connectivity index (χ0n) is 15.0. The smallest absolute Gasteiger partial charge is 0.410 e. The van der Waals surface area contributed by atoms with E-state index in [9.17, 15) is 4.79 Å². The average Bonchev–Trinajstić information content (AvgIpc) is 2.75. The van der Waals surface area contributed by atoms with Gasteiger partial charge in [-0.3, -0.25) is 0 Å². The Morgan fingerprint density at radius 2 is 1.87 bits per heavy atom. The summed E-state index contributed by atoms with van der Waals surface area (Å²) in [6, 6.07) is 4.21. The Morgan fingerprint density at radius 3 is 2.35 bits per heavy atom. The van der Waals surface area contributed by atoms with Crippen molar-refractivity contribution < 1.29 is 9.53 Å². The van der Waals surface area contributed by atoms with Crippen LogP contribution in [-0.2, 0) is 11.2 Å². The third-order valence-electron chi connectivity index (χ3n) is 3.11. The number of ether oxygens (including phenoxy) is 1. The summed E-state index contributed by atoms with van der Waals surface area (Å²) in [5.41, 5.74) is -0.733. The van der Waals surface area contributed by atoms with Crippen molar-refractivity contribution in [3.05, 3.63) is 20.8 Å². The lowest BCUT2D eigenvalue weighted by atomic mass is 10.1. The summed E-state index contributed by atoms with van der Waals surface area (Å²) in [5.74, 6) is 0. The van der Waals surface area contributed by atoms with Crippen LogP contribution in [0, 0.1) is 0 Å². The topological polar surface area (TPSA) is 41.6 Å². The summed E-state index contributed by atoms with van der Waals surface area (Å²) < 4.78 is 6.67. The number of hydrogen-bond acceptors (Lipinski definition) is 4. The molecule has 23 heavy (non-hydrogen) atoms. The molecule has 0 unspecified atom stereocenters. The second kappa shape index (κ2) is 8.49. The molecule has 0 atom stereocenters. The lowest BCUT2D eigenvalue weighted by Gasteiger charge is -2.36. The molecule has 0 radical (unpaired) electrons. The van der Waals surface area contributed by atoms with Crippen LogP contribution in [0.15, 0.2) is 15.9 Å². The molecule has 6 heteroatoms. The van der Waals surface area contributed by atoms with E-state index in [1.807, 2.05) is 41.5 Å². The molecule has 1 aromatic rings. The molecule has 1 amide bonds. The van der Waals surface area contributed by atoms with Crippen LogP contribution in [0.4, 0.5) is 4.79 Å². The van der Waals surface area contributed by atoms with E-state index in [4.69, 9.17) is 4.74 Å². The normalized spacial score (nSPS) is 12.3. The van der Waals surface area contributed by atoms with Gasteiger partial charge in [-0.15, -0.1) is 11.3 Å². The van der Waals surface area contributed by atoms with Gasteiger partial charge in [-0.2, -0.15) is 0 Å². The van der Waals surface area contributed by atoms with E-state index < -0.39 is 5.60 Å². The zero-order chi connectivity index (χ0) is 17.7. The van der Waals surface area contributed by atoms with E-state index >= 15 is 0 Å². The van der Waals surface area contributed by atoms with Crippen molar-refractivity contribution in [1.82, 2.24) is 10.2 Å². The van der Waals surface area contributed by atoms with Gasteiger partial charge in [0, 0.05) is 30.1 Å². The van der Waals surface area contributed by atoms with Crippen molar-refractivity contribution in [2.75, 3.05) is 19.6 Å². The molecule has 0 aliphatic heterocycles. The predicted octanol–water partition coefficient (Wildman–Crippen LogP) is 4.68. The van der Waals surface area contributed by atoms with Gasteiger partial charge in [-0.25, -0.2) is 4.79 Å². The molecule has 0 fully saturated rings. The Kier molecular flexibility index (Phi) is 7.55. The number of nitrogens with zero attached hydrogens (tertiary/aromatic N) is 1. The maximum Gasteiger partial charge on any atom is 0.410 e. The third-order valence-corrected chi connectivity index (χ3v) is 4.80. The maximum atomic E-state index is 12.4. The molecule has 132 valence electrons. The third kappa shape index (κ3) is 8.18. The van der Waals surface area contributed by atoms with Gasteiger partial charge < -0.3 is 15.0 Å². The molecule has 1 aromatic heterocycles. The molecule has 0 bridgehead atoms. The van der Waals surface area contributed by atoms with Gasteiger partial charge in [-0.1, -0.05) is 0 Å². The number of nitrogens with one attached hydrogen (secondary N) is 1. The number of halogens is 1. The molecule has 0 saturated heterocycles. The Morgan fingerprint density at radius 1 is 1.22 bits per heavy atom. The van der Waals surface area contributed by atoms with Crippen molar-refractivity contribution in [3.63, 3.8) is 0 Å². The number of rotatable bonds is 6. The Balaban J connectivity index is 2.41. The first-order chi connectivity index (χ1) is 10.5. The number of hydrogen-bond donors (Lipinski definition) is 1. The van der Waals surface area contributed by atoms with Crippen LogP contribution in [0.2, 0.25) is 0 Å². The second-order valence-corrected chi connectivity index (χ2v) is 10.1. The Hall–Kier alpha value is -0.590. The number of thiophene rings is 1. The van der Waals surface area contributed by atoms with Gasteiger partial charge in [0.15, 0.2) is 0 Å². The first kappa shape index (κ1) is 20.5. The number of carbonyl (C=O) groups excluding carboxylic acids is 1. The van der Waals surface area contributed by atoms with Gasteiger partial charge in [-0.05, 0) is 76.0 Å². The molecule has 0 aliphatic carbocycles. The van der Waals surface area contributed by atoms with Crippen LogP contribution in [0.3, 0.4) is 0 Å². The molecule has 0 aromatic carbocycles. The van der Waals surface area contributed by atoms with Gasteiger partial charge in [0.1, 0.15) is 5.60 Å². The van der Waals surface area contributed by atoms with E-state index in [0.29, 0.717) is 6.54 Å².